The van der Waals surface area contributed by atoms with E-state index in [1.54, 1.807) is 42.5 Å². The van der Waals surface area contributed by atoms with E-state index in [4.69, 9.17) is 0 Å². The van der Waals surface area contributed by atoms with E-state index in [0.29, 0.717) is 23.4 Å². The van der Waals surface area contributed by atoms with E-state index in [2.05, 4.69) is 38.0 Å². The summed E-state index contributed by atoms with van der Waals surface area (Å²) in [6.45, 7) is 4.11. The van der Waals surface area contributed by atoms with Gasteiger partial charge in [-0.25, -0.2) is 9.07 Å². The fourth-order valence-corrected chi connectivity index (χ4v) is 2.90. The zero-order valence-corrected chi connectivity index (χ0v) is 15.3. The maximum absolute atomic E-state index is 14.1. The van der Waals surface area contributed by atoms with E-state index < -0.39 is 0 Å². The van der Waals surface area contributed by atoms with Crippen molar-refractivity contribution in [2.24, 2.45) is 0 Å². The van der Waals surface area contributed by atoms with Gasteiger partial charge in [-0.15, -0.1) is 11.7 Å². The summed E-state index contributed by atoms with van der Waals surface area (Å²) < 4.78 is 16.3. The van der Waals surface area contributed by atoms with Gasteiger partial charge in [0.2, 0.25) is 0 Å². The minimum absolute atomic E-state index is 0.130. The molecule has 6 nitrogen and oxygen atoms in total. The Labute approximate surface area is 158 Å². The molecule has 0 saturated heterocycles. The summed E-state index contributed by atoms with van der Waals surface area (Å²) >= 11 is 3.33. The zero-order valence-electron chi connectivity index (χ0n) is 13.7. The molecule has 0 spiro atoms. The van der Waals surface area contributed by atoms with Crippen LogP contribution in [-0.2, 0) is 6.54 Å². The molecular weight excluding hydrogens is 401 g/mol. The quantitative estimate of drug-likeness (QED) is 0.578. The third-order valence-corrected chi connectivity index (χ3v) is 4.21. The lowest BCUT2D eigenvalue weighted by molar-refractivity contribution is 0.0761. The van der Waals surface area contributed by atoms with Crippen molar-refractivity contribution in [2.45, 2.75) is 6.54 Å². The van der Waals surface area contributed by atoms with Gasteiger partial charge in [-0.3, -0.25) is 4.79 Å². The van der Waals surface area contributed by atoms with Crippen LogP contribution in [0.1, 0.15) is 15.9 Å². The molecule has 26 heavy (non-hydrogen) atoms. The van der Waals surface area contributed by atoms with E-state index in [9.17, 15) is 9.18 Å². The topological polar surface area (TPSA) is 63.9 Å². The highest BCUT2D eigenvalue weighted by Gasteiger charge is 2.17. The summed E-state index contributed by atoms with van der Waals surface area (Å²) in [6.07, 6.45) is 3.06. The molecule has 1 amide bonds. The lowest BCUT2D eigenvalue weighted by Crippen LogP contribution is -2.31. The molecule has 0 aliphatic heterocycles. The number of benzene rings is 2. The Morgan fingerprint density at radius 2 is 2.15 bits per heavy atom. The third kappa shape index (κ3) is 4.02. The normalized spacial score (nSPS) is 10.5. The van der Waals surface area contributed by atoms with Crippen LogP contribution in [0.15, 0.2) is 65.9 Å². The van der Waals surface area contributed by atoms with Crippen LogP contribution in [0.25, 0.3) is 5.69 Å². The van der Waals surface area contributed by atoms with E-state index in [0.717, 1.165) is 4.47 Å². The first-order valence-electron chi connectivity index (χ1n) is 7.76. The molecule has 3 rings (SSSR count). The van der Waals surface area contributed by atoms with E-state index in [1.807, 2.05) is 0 Å². The highest BCUT2D eigenvalue weighted by Crippen LogP contribution is 2.19. The first kappa shape index (κ1) is 17.9. The third-order valence-electron chi connectivity index (χ3n) is 3.71. The molecule has 1 heterocycles. The molecule has 1 aromatic heterocycles. The van der Waals surface area contributed by atoms with Gasteiger partial charge in [0.1, 0.15) is 12.1 Å². The van der Waals surface area contributed by atoms with Crippen LogP contribution in [0.4, 0.5) is 4.39 Å². The van der Waals surface area contributed by atoms with E-state index in [-0.39, 0.29) is 18.3 Å². The molecule has 0 aliphatic carbocycles. The first-order chi connectivity index (χ1) is 12.6. The van der Waals surface area contributed by atoms with Gasteiger partial charge in [0, 0.05) is 28.7 Å². The van der Waals surface area contributed by atoms with Crippen LogP contribution in [-0.4, -0.2) is 37.6 Å². The van der Waals surface area contributed by atoms with Gasteiger partial charge in [-0.1, -0.05) is 28.1 Å². The molecule has 0 bridgehead atoms. The number of halogens is 2. The van der Waals surface area contributed by atoms with Crippen LogP contribution >= 0.6 is 15.9 Å². The van der Waals surface area contributed by atoms with Crippen LogP contribution in [0.5, 0.6) is 0 Å². The van der Waals surface area contributed by atoms with Crippen molar-refractivity contribution in [1.82, 2.24) is 25.1 Å². The number of carbonyl (C=O) groups excluding carboxylic acids is 1. The Morgan fingerprint density at radius 1 is 1.31 bits per heavy atom. The number of aromatic nitrogens is 4. The summed E-state index contributed by atoms with van der Waals surface area (Å²) in [4.78, 5) is 14.5. The van der Waals surface area contributed by atoms with Gasteiger partial charge >= 0.3 is 0 Å². The van der Waals surface area contributed by atoms with E-state index in [1.165, 1.54) is 22.0 Å². The number of carbonyl (C=O) groups is 1. The molecule has 0 saturated carbocycles. The zero-order chi connectivity index (χ0) is 18.5. The molecule has 2 aromatic carbocycles. The van der Waals surface area contributed by atoms with Crippen LogP contribution in [0.3, 0.4) is 0 Å². The van der Waals surface area contributed by atoms with Gasteiger partial charge in [-0.05, 0) is 46.8 Å². The lowest BCUT2D eigenvalue weighted by Gasteiger charge is -2.22. The number of tetrazole rings is 1. The van der Waals surface area contributed by atoms with Crippen molar-refractivity contribution in [1.29, 1.82) is 0 Å². The number of rotatable bonds is 6. The molecule has 0 aliphatic rings. The summed E-state index contributed by atoms with van der Waals surface area (Å²) in [7, 11) is 0. The van der Waals surface area contributed by atoms with Crippen molar-refractivity contribution in [3.63, 3.8) is 0 Å². The van der Waals surface area contributed by atoms with Gasteiger partial charge in [-0.2, -0.15) is 0 Å². The summed E-state index contributed by atoms with van der Waals surface area (Å²) in [5, 5.41) is 11.0. The number of hydrogen-bond donors (Lipinski definition) is 0. The molecule has 3 aromatic rings. The standard InChI is InChI=1S/C18H15BrFN5O/c1-2-8-24(11-14-9-15(19)6-7-17(14)20)18(26)13-4-3-5-16(10-13)25-12-21-22-23-25/h2-7,9-10,12H,1,8,11H2. The average molecular weight is 416 g/mol. The van der Waals surface area contributed by atoms with Crippen LogP contribution in [0, 0.1) is 5.82 Å². The van der Waals surface area contributed by atoms with Crippen LogP contribution < -0.4 is 0 Å². The second kappa shape index (κ2) is 8.01. The molecule has 0 N–H and O–H groups in total. The Balaban J connectivity index is 1.88. The molecule has 0 radical (unpaired) electrons. The highest BCUT2D eigenvalue weighted by atomic mass is 79.9. The van der Waals surface area contributed by atoms with Crippen molar-refractivity contribution in [3.05, 3.63) is 82.9 Å². The lowest BCUT2D eigenvalue weighted by atomic mass is 10.1. The van der Waals surface area contributed by atoms with Crippen molar-refractivity contribution >= 4 is 21.8 Å². The molecule has 132 valence electrons. The smallest absolute Gasteiger partial charge is 0.254 e. The van der Waals surface area contributed by atoms with Crippen LogP contribution in [0.2, 0.25) is 0 Å². The molecule has 8 heteroatoms. The van der Waals surface area contributed by atoms with Crippen molar-refractivity contribution < 1.29 is 9.18 Å². The van der Waals surface area contributed by atoms with Gasteiger partial charge in [0.25, 0.3) is 5.91 Å². The predicted octanol–water partition coefficient (Wildman–Crippen LogP) is 3.39. The Bertz CT molecular complexity index is 929. The maximum Gasteiger partial charge on any atom is 0.254 e. The minimum atomic E-state index is -0.363. The Hall–Kier alpha value is -2.87. The highest BCUT2D eigenvalue weighted by molar-refractivity contribution is 9.10. The number of nitrogens with zero attached hydrogens (tertiary/aromatic N) is 5. The monoisotopic (exact) mass is 415 g/mol. The minimum Gasteiger partial charge on any atom is -0.330 e. The summed E-state index contributed by atoms with van der Waals surface area (Å²) in [5.41, 5.74) is 1.54. The van der Waals surface area contributed by atoms with Crippen molar-refractivity contribution in [3.8, 4) is 5.69 Å². The second-order valence-electron chi connectivity index (χ2n) is 5.51. The Morgan fingerprint density at radius 3 is 2.88 bits per heavy atom. The first-order valence-corrected chi connectivity index (χ1v) is 8.55. The fourth-order valence-electron chi connectivity index (χ4n) is 2.49. The average Bonchev–Trinajstić information content (AvgIpc) is 3.18. The summed E-state index contributed by atoms with van der Waals surface area (Å²) in [6, 6.07) is 11.6. The van der Waals surface area contributed by atoms with Gasteiger partial charge in [0.15, 0.2) is 0 Å². The summed E-state index contributed by atoms with van der Waals surface area (Å²) in [5.74, 6) is -0.600. The maximum atomic E-state index is 14.1. The molecular formula is C18H15BrFN5O. The number of hydrogen-bond acceptors (Lipinski definition) is 4. The largest absolute Gasteiger partial charge is 0.330 e. The molecule has 0 fully saturated rings. The number of amides is 1. The SMILES string of the molecule is C=CCN(Cc1cc(Br)ccc1F)C(=O)c1cccc(-n2cnnn2)c1. The second-order valence-corrected chi connectivity index (χ2v) is 6.43. The predicted molar refractivity (Wildman–Crippen MR) is 98.2 cm³/mol. The Kier molecular flexibility index (Phi) is 5.52. The van der Waals surface area contributed by atoms with Gasteiger partial charge in [0.05, 0.1) is 5.69 Å². The van der Waals surface area contributed by atoms with E-state index >= 15 is 0 Å². The fraction of sp³-hybridized carbons (Fsp3) is 0.111. The molecule has 0 atom stereocenters. The van der Waals surface area contributed by atoms with Crippen molar-refractivity contribution in [2.75, 3.05) is 6.54 Å². The molecule has 0 unspecified atom stereocenters. The van der Waals surface area contributed by atoms with Gasteiger partial charge < -0.3 is 4.90 Å².